The first-order valence-corrected chi connectivity index (χ1v) is 12.1. The first-order chi connectivity index (χ1) is 15.6. The average molecular weight is 439 g/mol. The van der Waals surface area contributed by atoms with Gasteiger partial charge in [0.2, 0.25) is 11.9 Å². The van der Waals surface area contributed by atoms with Crippen molar-refractivity contribution in [3.63, 3.8) is 0 Å². The maximum absolute atomic E-state index is 13.1. The molecule has 4 heterocycles. The first-order valence-electron chi connectivity index (χ1n) is 12.1. The van der Waals surface area contributed by atoms with Gasteiger partial charge in [0.05, 0.1) is 5.69 Å². The van der Waals surface area contributed by atoms with Crippen LogP contribution in [0.15, 0.2) is 6.07 Å². The summed E-state index contributed by atoms with van der Waals surface area (Å²) in [5.41, 5.74) is 3.36. The highest BCUT2D eigenvalue weighted by Gasteiger charge is 2.35. The molecule has 9 heteroatoms. The monoisotopic (exact) mass is 438 g/mol. The van der Waals surface area contributed by atoms with Crippen LogP contribution in [0, 0.1) is 0 Å². The standard InChI is InChI=1S/C23H34N8O/c1-14(2)18-12-20(30-29-18)27-21-16-7-3-8-17(16)26-23(28-21)31-11-5-9-19(31)22(32)25-15-6-4-10-24-13-15/h12,14-15,19,24H,3-11,13H2,1-2H3,(H,25,32)(H2,26,27,28,29,30)/t15-,19-/m0/s1. The van der Waals surface area contributed by atoms with E-state index in [1.807, 2.05) is 6.07 Å². The van der Waals surface area contributed by atoms with Gasteiger partial charge in [0.15, 0.2) is 5.82 Å². The van der Waals surface area contributed by atoms with Gasteiger partial charge in [-0.25, -0.2) is 4.98 Å². The van der Waals surface area contributed by atoms with Gasteiger partial charge in [-0.2, -0.15) is 10.1 Å². The molecule has 0 saturated carbocycles. The minimum atomic E-state index is -0.206. The Morgan fingerprint density at radius 1 is 1.19 bits per heavy atom. The van der Waals surface area contributed by atoms with E-state index in [9.17, 15) is 4.79 Å². The summed E-state index contributed by atoms with van der Waals surface area (Å²) in [7, 11) is 0. The number of amides is 1. The van der Waals surface area contributed by atoms with E-state index in [1.165, 1.54) is 5.56 Å². The van der Waals surface area contributed by atoms with Crippen molar-refractivity contribution in [2.45, 2.75) is 76.8 Å². The van der Waals surface area contributed by atoms with Crippen molar-refractivity contribution >= 4 is 23.5 Å². The number of carbonyl (C=O) groups excluding carboxylic acids is 1. The predicted molar refractivity (Wildman–Crippen MR) is 124 cm³/mol. The van der Waals surface area contributed by atoms with E-state index in [-0.39, 0.29) is 18.0 Å². The van der Waals surface area contributed by atoms with Crippen LogP contribution < -0.4 is 20.9 Å². The van der Waals surface area contributed by atoms with Crippen LogP contribution >= 0.6 is 0 Å². The average Bonchev–Trinajstić information content (AvgIpc) is 3.54. The summed E-state index contributed by atoms with van der Waals surface area (Å²) in [5.74, 6) is 2.74. The van der Waals surface area contributed by atoms with Crippen molar-refractivity contribution in [2.75, 3.05) is 29.9 Å². The minimum absolute atomic E-state index is 0.101. The van der Waals surface area contributed by atoms with Gasteiger partial charge >= 0.3 is 0 Å². The summed E-state index contributed by atoms with van der Waals surface area (Å²) in [6, 6.07) is 2.05. The highest BCUT2D eigenvalue weighted by molar-refractivity contribution is 5.85. The molecule has 5 rings (SSSR count). The normalized spacial score (nSPS) is 22.9. The number of aryl methyl sites for hydroxylation is 1. The van der Waals surface area contributed by atoms with Crippen molar-refractivity contribution in [1.82, 2.24) is 30.8 Å². The Bertz CT molecular complexity index is 965. The molecule has 0 radical (unpaired) electrons. The molecule has 2 atom stereocenters. The summed E-state index contributed by atoms with van der Waals surface area (Å²) in [5, 5.41) is 17.6. The number of anilines is 3. The number of H-pyrrole nitrogens is 1. The van der Waals surface area contributed by atoms with Crippen LogP contribution in [0.2, 0.25) is 0 Å². The Balaban J connectivity index is 1.37. The Morgan fingerprint density at radius 2 is 2.09 bits per heavy atom. The van der Waals surface area contributed by atoms with Gasteiger partial charge in [-0.15, -0.1) is 0 Å². The number of hydrogen-bond donors (Lipinski definition) is 4. The number of fused-ring (bicyclic) bond motifs is 1. The number of aromatic nitrogens is 4. The largest absolute Gasteiger partial charge is 0.350 e. The van der Waals surface area contributed by atoms with Gasteiger partial charge in [-0.05, 0) is 57.4 Å². The second-order valence-electron chi connectivity index (χ2n) is 9.54. The maximum atomic E-state index is 13.1. The molecule has 2 aromatic heterocycles. The molecule has 2 saturated heterocycles. The molecule has 0 spiro atoms. The molecule has 1 aliphatic carbocycles. The van der Waals surface area contributed by atoms with Crippen molar-refractivity contribution in [3.05, 3.63) is 23.0 Å². The summed E-state index contributed by atoms with van der Waals surface area (Å²) in [6.45, 7) is 6.97. The predicted octanol–water partition coefficient (Wildman–Crippen LogP) is 2.39. The fraction of sp³-hybridized carbons (Fsp3) is 0.652. The number of piperidine rings is 1. The third-order valence-electron chi connectivity index (χ3n) is 6.84. The van der Waals surface area contributed by atoms with Crippen LogP contribution in [-0.2, 0) is 17.6 Å². The lowest BCUT2D eigenvalue weighted by molar-refractivity contribution is -0.123. The fourth-order valence-electron chi connectivity index (χ4n) is 5.02. The molecule has 2 aliphatic heterocycles. The lowest BCUT2D eigenvalue weighted by Gasteiger charge is -2.29. The first kappa shape index (κ1) is 21.2. The van der Waals surface area contributed by atoms with Gasteiger partial charge in [0, 0.05) is 36.5 Å². The summed E-state index contributed by atoms with van der Waals surface area (Å²) >= 11 is 0. The molecule has 0 unspecified atom stereocenters. The molecular formula is C23H34N8O. The van der Waals surface area contributed by atoms with Crippen LogP contribution in [0.3, 0.4) is 0 Å². The summed E-state index contributed by atoms with van der Waals surface area (Å²) in [6.07, 6.45) is 6.96. The Hall–Kier alpha value is -2.68. The van der Waals surface area contributed by atoms with Crippen LogP contribution in [-0.4, -0.2) is 57.8 Å². The number of rotatable bonds is 6. The van der Waals surface area contributed by atoms with Crippen LogP contribution in [0.1, 0.15) is 68.8 Å². The van der Waals surface area contributed by atoms with Crippen molar-refractivity contribution in [2.24, 2.45) is 0 Å². The Morgan fingerprint density at radius 3 is 2.88 bits per heavy atom. The molecular weight excluding hydrogens is 404 g/mol. The topological polar surface area (TPSA) is 111 Å². The van der Waals surface area contributed by atoms with E-state index in [0.29, 0.717) is 11.9 Å². The number of nitrogens with one attached hydrogen (secondary N) is 4. The number of hydrogen-bond acceptors (Lipinski definition) is 7. The van der Waals surface area contributed by atoms with E-state index in [0.717, 1.165) is 87.6 Å². The number of aromatic amines is 1. The Labute approximate surface area is 189 Å². The lowest BCUT2D eigenvalue weighted by Crippen LogP contribution is -2.51. The highest BCUT2D eigenvalue weighted by Crippen LogP contribution is 2.32. The maximum Gasteiger partial charge on any atom is 0.243 e. The molecule has 2 fully saturated rings. The molecule has 9 nitrogen and oxygen atoms in total. The van der Waals surface area contributed by atoms with Gasteiger partial charge in [0.1, 0.15) is 11.9 Å². The van der Waals surface area contributed by atoms with E-state index in [2.05, 4.69) is 44.9 Å². The van der Waals surface area contributed by atoms with Gasteiger partial charge in [0.25, 0.3) is 0 Å². The Kier molecular flexibility index (Phi) is 5.99. The van der Waals surface area contributed by atoms with Crippen molar-refractivity contribution in [1.29, 1.82) is 0 Å². The molecule has 0 bridgehead atoms. The lowest BCUT2D eigenvalue weighted by atomic mass is 10.1. The smallest absolute Gasteiger partial charge is 0.243 e. The fourth-order valence-corrected chi connectivity index (χ4v) is 5.02. The van der Waals surface area contributed by atoms with Crippen LogP contribution in [0.5, 0.6) is 0 Å². The molecule has 172 valence electrons. The zero-order chi connectivity index (χ0) is 22.1. The van der Waals surface area contributed by atoms with Gasteiger partial charge < -0.3 is 20.9 Å². The van der Waals surface area contributed by atoms with Crippen molar-refractivity contribution in [3.8, 4) is 0 Å². The summed E-state index contributed by atoms with van der Waals surface area (Å²) in [4.78, 5) is 25.0. The third-order valence-corrected chi connectivity index (χ3v) is 6.84. The molecule has 4 N–H and O–H groups in total. The second-order valence-corrected chi connectivity index (χ2v) is 9.54. The van der Waals surface area contributed by atoms with E-state index in [1.54, 1.807) is 0 Å². The van der Waals surface area contributed by atoms with Crippen molar-refractivity contribution < 1.29 is 4.79 Å². The highest BCUT2D eigenvalue weighted by atomic mass is 16.2. The van der Waals surface area contributed by atoms with Crippen LogP contribution in [0.25, 0.3) is 0 Å². The van der Waals surface area contributed by atoms with E-state index >= 15 is 0 Å². The zero-order valence-electron chi connectivity index (χ0n) is 19.1. The molecule has 0 aromatic carbocycles. The van der Waals surface area contributed by atoms with Crippen LogP contribution in [0.4, 0.5) is 17.6 Å². The minimum Gasteiger partial charge on any atom is -0.350 e. The number of nitrogens with zero attached hydrogens (tertiary/aromatic N) is 4. The molecule has 1 amide bonds. The zero-order valence-corrected chi connectivity index (χ0v) is 19.1. The number of carbonyl (C=O) groups is 1. The molecule has 2 aromatic rings. The summed E-state index contributed by atoms with van der Waals surface area (Å²) < 4.78 is 0. The van der Waals surface area contributed by atoms with E-state index in [4.69, 9.17) is 9.97 Å². The molecule has 3 aliphatic rings. The SMILES string of the molecule is CC(C)c1cc(Nc2nc(N3CCC[C@H]3C(=O)N[C@H]3CCCNC3)nc3c2CCC3)n[nH]1. The quantitative estimate of drug-likeness (QED) is 0.548. The molecule has 32 heavy (non-hydrogen) atoms. The van der Waals surface area contributed by atoms with Gasteiger partial charge in [-0.1, -0.05) is 13.8 Å². The van der Waals surface area contributed by atoms with E-state index < -0.39 is 0 Å². The second kappa shape index (κ2) is 9.05. The third kappa shape index (κ3) is 4.30. The van der Waals surface area contributed by atoms with Gasteiger partial charge in [-0.3, -0.25) is 9.89 Å².